The van der Waals surface area contributed by atoms with Crippen molar-refractivity contribution in [1.82, 2.24) is 14.3 Å². The molecule has 1 aliphatic heterocycles. The van der Waals surface area contributed by atoms with Crippen LogP contribution >= 0.6 is 11.3 Å². The number of ether oxygens (including phenoxy) is 2. The highest BCUT2D eigenvalue weighted by molar-refractivity contribution is 7.16. The molecule has 0 N–H and O–H groups in total. The van der Waals surface area contributed by atoms with E-state index < -0.39 is 0 Å². The summed E-state index contributed by atoms with van der Waals surface area (Å²) in [5.41, 5.74) is 2.26. The average Bonchev–Trinajstić information content (AvgIpc) is 3.24. The Labute approximate surface area is 148 Å². The summed E-state index contributed by atoms with van der Waals surface area (Å²) in [4.78, 5) is 17.6. The Bertz CT molecular complexity index is 1060. The molecular formula is C17H18N4O3S. The largest absolute Gasteiger partial charge is 0.454 e. The van der Waals surface area contributed by atoms with E-state index in [9.17, 15) is 4.79 Å². The molecule has 0 unspecified atom stereocenters. The van der Waals surface area contributed by atoms with Gasteiger partial charge in [-0.25, -0.2) is 0 Å². The fourth-order valence-electron chi connectivity index (χ4n) is 2.84. The lowest BCUT2D eigenvalue weighted by atomic mass is 10.3. The molecule has 3 aromatic rings. The summed E-state index contributed by atoms with van der Waals surface area (Å²) in [6.07, 6.45) is 0. The summed E-state index contributed by atoms with van der Waals surface area (Å²) in [5.74, 6) is 1.14. The van der Waals surface area contributed by atoms with Crippen molar-refractivity contribution in [2.45, 2.75) is 26.8 Å². The molecule has 1 aliphatic rings. The van der Waals surface area contributed by atoms with Crippen molar-refractivity contribution in [3.8, 4) is 11.5 Å². The number of aromatic nitrogens is 3. The zero-order valence-electron chi connectivity index (χ0n) is 14.4. The van der Waals surface area contributed by atoms with Crippen LogP contribution in [-0.4, -0.2) is 27.0 Å². The number of rotatable bonds is 2. The van der Waals surface area contributed by atoms with Crippen molar-refractivity contribution in [3.63, 3.8) is 0 Å². The Morgan fingerprint density at radius 2 is 2.00 bits per heavy atom. The Kier molecular flexibility index (Phi) is 3.64. The number of aryl methyl sites for hydroxylation is 2. The lowest BCUT2D eigenvalue weighted by Gasteiger charge is -2.07. The first-order chi connectivity index (χ1) is 11.9. The third-order valence-electron chi connectivity index (χ3n) is 4.07. The molecule has 1 amide bonds. The van der Waals surface area contributed by atoms with E-state index in [1.54, 1.807) is 10.7 Å². The first kappa shape index (κ1) is 15.9. The molecule has 0 atom stereocenters. The van der Waals surface area contributed by atoms with Gasteiger partial charge in [-0.05, 0) is 26.8 Å². The molecule has 0 fully saturated rings. The number of hydrogen-bond acceptors (Lipinski definition) is 5. The summed E-state index contributed by atoms with van der Waals surface area (Å²) in [7, 11) is 1.89. The number of carbonyl (C=O) groups is 1. The molecule has 0 saturated heterocycles. The smallest absolute Gasteiger partial charge is 0.297 e. The number of amides is 1. The average molecular weight is 358 g/mol. The van der Waals surface area contributed by atoms with Crippen molar-refractivity contribution in [2.75, 3.05) is 6.79 Å². The van der Waals surface area contributed by atoms with Gasteiger partial charge >= 0.3 is 0 Å². The van der Waals surface area contributed by atoms with Crippen LogP contribution in [0.15, 0.2) is 23.2 Å². The molecule has 0 spiro atoms. The molecule has 0 bridgehead atoms. The van der Waals surface area contributed by atoms with Gasteiger partial charge in [0.2, 0.25) is 6.79 Å². The van der Waals surface area contributed by atoms with Gasteiger partial charge in [0.25, 0.3) is 5.91 Å². The molecule has 7 nitrogen and oxygen atoms in total. The van der Waals surface area contributed by atoms with Crippen molar-refractivity contribution >= 4 is 27.5 Å². The standard InChI is InChI=1S/C17H18N4O3S/c1-9(2)21-12(5-10(3)19-21)16(22)18-17-20(4)11-6-13-14(24-8-23-13)7-15(11)25-17/h5-7,9H,8H2,1-4H3. The minimum absolute atomic E-state index is 0.0938. The topological polar surface area (TPSA) is 70.6 Å². The van der Waals surface area contributed by atoms with Crippen LogP contribution < -0.4 is 14.3 Å². The maximum absolute atomic E-state index is 12.7. The lowest BCUT2D eigenvalue weighted by Crippen LogP contribution is -2.16. The maximum atomic E-state index is 12.7. The first-order valence-electron chi connectivity index (χ1n) is 7.98. The highest BCUT2D eigenvalue weighted by Gasteiger charge is 2.18. The number of fused-ring (bicyclic) bond motifs is 2. The summed E-state index contributed by atoms with van der Waals surface area (Å²) in [6.45, 7) is 6.09. The van der Waals surface area contributed by atoms with E-state index in [4.69, 9.17) is 9.47 Å². The monoisotopic (exact) mass is 358 g/mol. The zero-order valence-corrected chi connectivity index (χ0v) is 15.3. The van der Waals surface area contributed by atoms with Gasteiger partial charge in [0, 0.05) is 25.2 Å². The Morgan fingerprint density at radius 3 is 2.72 bits per heavy atom. The molecule has 8 heteroatoms. The molecule has 25 heavy (non-hydrogen) atoms. The van der Waals surface area contributed by atoms with Gasteiger partial charge in [-0.2, -0.15) is 10.1 Å². The molecule has 1 aromatic carbocycles. The Hall–Kier alpha value is -2.61. The molecule has 4 rings (SSSR count). The highest BCUT2D eigenvalue weighted by Crippen LogP contribution is 2.36. The molecular weight excluding hydrogens is 340 g/mol. The van der Waals surface area contributed by atoms with Crippen molar-refractivity contribution < 1.29 is 14.3 Å². The van der Waals surface area contributed by atoms with Crippen LogP contribution in [0, 0.1) is 6.92 Å². The third kappa shape index (κ3) is 2.62. The van der Waals surface area contributed by atoms with Gasteiger partial charge in [0.1, 0.15) is 5.69 Å². The van der Waals surface area contributed by atoms with Gasteiger partial charge < -0.3 is 14.0 Å². The van der Waals surface area contributed by atoms with Gasteiger partial charge in [-0.15, -0.1) is 0 Å². The second kappa shape index (κ2) is 5.73. The van der Waals surface area contributed by atoms with E-state index >= 15 is 0 Å². The van der Waals surface area contributed by atoms with Gasteiger partial charge in [-0.1, -0.05) is 11.3 Å². The zero-order chi connectivity index (χ0) is 17.7. The fraction of sp³-hybridized carbons (Fsp3) is 0.353. The minimum atomic E-state index is -0.295. The number of thiazole rings is 1. The van der Waals surface area contributed by atoms with Crippen LogP contribution in [0.3, 0.4) is 0 Å². The number of carbonyl (C=O) groups excluding carboxylic acids is 1. The van der Waals surface area contributed by atoms with Crippen LogP contribution in [-0.2, 0) is 7.05 Å². The molecule has 0 radical (unpaired) electrons. The lowest BCUT2D eigenvalue weighted by molar-refractivity contribution is 0.0986. The SMILES string of the molecule is Cc1cc(C(=O)N=c2sc3cc4c(cc3n2C)OCO4)n(C(C)C)n1. The van der Waals surface area contributed by atoms with Gasteiger partial charge in [0.15, 0.2) is 16.3 Å². The molecule has 130 valence electrons. The predicted octanol–water partition coefficient (Wildman–Crippen LogP) is 2.80. The Morgan fingerprint density at radius 1 is 1.28 bits per heavy atom. The van der Waals surface area contributed by atoms with E-state index in [1.807, 2.05) is 44.5 Å². The van der Waals surface area contributed by atoms with E-state index in [0.29, 0.717) is 16.2 Å². The summed E-state index contributed by atoms with van der Waals surface area (Å²) >= 11 is 1.44. The molecule has 2 aromatic heterocycles. The summed E-state index contributed by atoms with van der Waals surface area (Å²) in [6, 6.07) is 5.71. The maximum Gasteiger partial charge on any atom is 0.297 e. The van der Waals surface area contributed by atoms with Crippen molar-refractivity contribution in [2.24, 2.45) is 12.0 Å². The predicted molar refractivity (Wildman–Crippen MR) is 94.2 cm³/mol. The molecule has 0 saturated carbocycles. The van der Waals surface area contributed by atoms with Crippen molar-refractivity contribution in [3.05, 3.63) is 34.4 Å². The van der Waals surface area contributed by atoms with E-state index in [2.05, 4.69) is 10.1 Å². The van der Waals surface area contributed by atoms with E-state index in [-0.39, 0.29) is 18.7 Å². The van der Waals surface area contributed by atoms with Gasteiger partial charge in [0.05, 0.1) is 15.9 Å². The van der Waals surface area contributed by atoms with E-state index in [1.165, 1.54) is 11.3 Å². The second-order valence-electron chi connectivity index (χ2n) is 6.24. The quantitative estimate of drug-likeness (QED) is 0.706. The first-order valence-corrected chi connectivity index (χ1v) is 8.80. The van der Waals surface area contributed by atoms with Crippen LogP contribution in [0.4, 0.5) is 0 Å². The molecule has 3 heterocycles. The summed E-state index contributed by atoms with van der Waals surface area (Å²) in [5, 5.41) is 4.38. The van der Waals surface area contributed by atoms with E-state index in [0.717, 1.165) is 21.7 Å². The highest BCUT2D eigenvalue weighted by atomic mass is 32.1. The van der Waals surface area contributed by atoms with Crippen LogP contribution in [0.2, 0.25) is 0 Å². The minimum Gasteiger partial charge on any atom is -0.454 e. The second-order valence-corrected chi connectivity index (χ2v) is 7.25. The number of nitrogens with zero attached hydrogens (tertiary/aromatic N) is 4. The third-order valence-corrected chi connectivity index (χ3v) is 5.16. The van der Waals surface area contributed by atoms with Crippen LogP contribution in [0.25, 0.3) is 10.2 Å². The summed E-state index contributed by atoms with van der Waals surface area (Å²) < 4.78 is 15.4. The normalized spacial score (nSPS) is 14.0. The van der Waals surface area contributed by atoms with Crippen LogP contribution in [0.5, 0.6) is 11.5 Å². The van der Waals surface area contributed by atoms with Crippen LogP contribution in [0.1, 0.15) is 36.1 Å². The van der Waals surface area contributed by atoms with Gasteiger partial charge in [-0.3, -0.25) is 9.48 Å². The fourth-order valence-corrected chi connectivity index (χ4v) is 3.87. The molecule has 0 aliphatic carbocycles. The Balaban J connectivity index is 1.82. The number of hydrogen-bond donors (Lipinski definition) is 0. The number of benzene rings is 1. The van der Waals surface area contributed by atoms with Crippen molar-refractivity contribution in [1.29, 1.82) is 0 Å².